The fourth-order valence-electron chi connectivity index (χ4n) is 2.68. The smallest absolute Gasteiger partial charge is 0.00219 e. The summed E-state index contributed by atoms with van der Waals surface area (Å²) in [6.07, 6.45) is 4.05. The minimum absolute atomic E-state index is 0.427. The molecule has 1 saturated heterocycles. The molecule has 0 aliphatic carbocycles. The van der Waals surface area contributed by atoms with Gasteiger partial charge in [0.25, 0.3) is 0 Å². The summed E-state index contributed by atoms with van der Waals surface area (Å²) in [5, 5.41) is 3.54. The monoisotopic (exact) mass is 254 g/mol. The van der Waals surface area contributed by atoms with E-state index in [2.05, 4.69) is 44.8 Å². The summed E-state index contributed by atoms with van der Waals surface area (Å²) in [5.41, 5.74) is 0.427. The average Bonchev–Trinajstić information content (AvgIpc) is 2.29. The van der Waals surface area contributed by atoms with Crippen LogP contribution in [0.2, 0.25) is 0 Å². The van der Waals surface area contributed by atoms with Gasteiger partial charge in [0.1, 0.15) is 0 Å². The van der Waals surface area contributed by atoms with Crippen molar-refractivity contribution >= 4 is 0 Å². The molecule has 0 aromatic heterocycles. The molecule has 0 aromatic rings. The molecule has 18 heavy (non-hydrogen) atoms. The van der Waals surface area contributed by atoms with Crippen LogP contribution in [0.1, 0.15) is 53.9 Å². The number of rotatable bonds is 6. The predicted octanol–water partition coefficient (Wildman–Crippen LogP) is 3.38. The van der Waals surface area contributed by atoms with Crippen molar-refractivity contribution < 1.29 is 0 Å². The number of hydrogen-bond acceptors (Lipinski definition) is 2. The molecular formula is C16H34N2. The van der Waals surface area contributed by atoms with Crippen LogP contribution in [0.25, 0.3) is 0 Å². The third-order valence-corrected chi connectivity index (χ3v) is 4.47. The molecule has 1 rings (SSSR count). The molecule has 1 aliphatic heterocycles. The normalized spacial score (nSPS) is 23.3. The van der Waals surface area contributed by atoms with E-state index in [0.29, 0.717) is 5.41 Å². The Kier molecular flexibility index (Phi) is 6.65. The van der Waals surface area contributed by atoms with Crippen molar-refractivity contribution in [2.24, 2.45) is 17.3 Å². The Labute approximate surface area is 115 Å². The number of hydrogen-bond donors (Lipinski definition) is 1. The molecular weight excluding hydrogens is 220 g/mol. The Balaban J connectivity index is 2.43. The number of nitrogens with zero attached hydrogens (tertiary/aromatic N) is 1. The quantitative estimate of drug-likeness (QED) is 0.782. The molecule has 0 aromatic carbocycles. The lowest BCUT2D eigenvalue weighted by Gasteiger charge is -2.35. The molecule has 0 spiro atoms. The minimum Gasteiger partial charge on any atom is -0.316 e. The fraction of sp³-hybridized carbons (Fsp3) is 1.00. The summed E-state index contributed by atoms with van der Waals surface area (Å²) in [5.74, 6) is 1.64. The highest BCUT2D eigenvalue weighted by molar-refractivity contribution is 4.77. The van der Waals surface area contributed by atoms with Gasteiger partial charge in [0.2, 0.25) is 0 Å². The summed E-state index contributed by atoms with van der Waals surface area (Å²) in [7, 11) is 0. The average molecular weight is 254 g/mol. The summed E-state index contributed by atoms with van der Waals surface area (Å²) in [4.78, 5) is 2.70. The number of piperidine rings is 1. The molecule has 2 unspecified atom stereocenters. The van der Waals surface area contributed by atoms with Crippen molar-refractivity contribution in [2.75, 3.05) is 32.7 Å². The van der Waals surface area contributed by atoms with Crippen LogP contribution < -0.4 is 5.32 Å². The lowest BCUT2D eigenvalue weighted by Crippen LogP contribution is -2.41. The Morgan fingerprint density at radius 1 is 1.33 bits per heavy atom. The second-order valence-corrected chi connectivity index (χ2v) is 7.24. The third-order valence-electron chi connectivity index (χ3n) is 4.47. The summed E-state index contributed by atoms with van der Waals surface area (Å²) >= 11 is 0. The van der Waals surface area contributed by atoms with E-state index in [1.807, 2.05) is 0 Å². The van der Waals surface area contributed by atoms with Gasteiger partial charge in [0.15, 0.2) is 0 Å². The topological polar surface area (TPSA) is 15.3 Å². The first-order valence-electron chi connectivity index (χ1n) is 7.86. The second-order valence-electron chi connectivity index (χ2n) is 7.24. The zero-order valence-electron chi connectivity index (χ0n) is 13.3. The van der Waals surface area contributed by atoms with E-state index in [0.717, 1.165) is 11.8 Å². The van der Waals surface area contributed by atoms with Crippen molar-refractivity contribution in [1.82, 2.24) is 10.2 Å². The molecule has 1 heterocycles. The molecule has 0 amide bonds. The van der Waals surface area contributed by atoms with Crippen LogP contribution in [0.5, 0.6) is 0 Å². The maximum absolute atomic E-state index is 3.54. The van der Waals surface area contributed by atoms with Crippen LogP contribution in [-0.4, -0.2) is 37.6 Å². The van der Waals surface area contributed by atoms with Crippen LogP contribution in [0.3, 0.4) is 0 Å². The predicted molar refractivity (Wildman–Crippen MR) is 80.9 cm³/mol. The van der Waals surface area contributed by atoms with Gasteiger partial charge in [-0.3, -0.25) is 0 Å². The van der Waals surface area contributed by atoms with Gasteiger partial charge in [-0.15, -0.1) is 0 Å². The van der Waals surface area contributed by atoms with E-state index in [1.165, 1.54) is 52.0 Å². The minimum atomic E-state index is 0.427. The molecule has 1 fully saturated rings. The van der Waals surface area contributed by atoms with Gasteiger partial charge in [0, 0.05) is 13.1 Å². The van der Waals surface area contributed by atoms with E-state index >= 15 is 0 Å². The molecule has 108 valence electrons. The highest BCUT2D eigenvalue weighted by atomic mass is 15.1. The van der Waals surface area contributed by atoms with Gasteiger partial charge in [-0.2, -0.15) is 0 Å². The van der Waals surface area contributed by atoms with E-state index in [4.69, 9.17) is 0 Å². The van der Waals surface area contributed by atoms with Crippen LogP contribution in [0.15, 0.2) is 0 Å². The Bertz CT molecular complexity index is 214. The van der Waals surface area contributed by atoms with Gasteiger partial charge >= 0.3 is 0 Å². The molecule has 1 N–H and O–H groups in total. The Morgan fingerprint density at radius 3 is 2.56 bits per heavy atom. The van der Waals surface area contributed by atoms with E-state index in [9.17, 15) is 0 Å². The standard InChI is InChI=1S/C16H34N2/c1-6-10-18(12-14(2)16(3,4)5)13-15-8-7-9-17-11-15/h14-15,17H,6-13H2,1-5H3. The zero-order valence-corrected chi connectivity index (χ0v) is 13.3. The highest BCUT2D eigenvalue weighted by Crippen LogP contribution is 2.26. The third kappa shape index (κ3) is 5.71. The zero-order chi connectivity index (χ0) is 13.6. The molecule has 0 saturated carbocycles. The first kappa shape index (κ1) is 16.0. The maximum atomic E-state index is 3.54. The lowest BCUT2D eigenvalue weighted by atomic mass is 9.81. The molecule has 2 atom stereocenters. The van der Waals surface area contributed by atoms with E-state index in [1.54, 1.807) is 0 Å². The van der Waals surface area contributed by atoms with Gasteiger partial charge in [-0.05, 0) is 56.1 Å². The van der Waals surface area contributed by atoms with Crippen LogP contribution in [0, 0.1) is 17.3 Å². The summed E-state index contributed by atoms with van der Waals surface area (Å²) in [6.45, 7) is 18.1. The largest absolute Gasteiger partial charge is 0.316 e. The van der Waals surface area contributed by atoms with Crippen molar-refractivity contribution in [3.05, 3.63) is 0 Å². The van der Waals surface area contributed by atoms with Crippen molar-refractivity contribution in [3.63, 3.8) is 0 Å². The molecule has 0 bridgehead atoms. The fourth-order valence-corrected chi connectivity index (χ4v) is 2.68. The van der Waals surface area contributed by atoms with E-state index in [-0.39, 0.29) is 0 Å². The summed E-state index contributed by atoms with van der Waals surface area (Å²) in [6, 6.07) is 0. The SMILES string of the molecule is CCCN(CC1CCCNC1)CC(C)C(C)(C)C. The summed E-state index contributed by atoms with van der Waals surface area (Å²) < 4.78 is 0. The van der Waals surface area contributed by atoms with Crippen molar-refractivity contribution in [2.45, 2.75) is 53.9 Å². The Morgan fingerprint density at radius 2 is 2.06 bits per heavy atom. The maximum Gasteiger partial charge on any atom is 0.00219 e. The molecule has 2 nitrogen and oxygen atoms in total. The first-order valence-corrected chi connectivity index (χ1v) is 7.86. The van der Waals surface area contributed by atoms with Crippen molar-refractivity contribution in [1.29, 1.82) is 0 Å². The van der Waals surface area contributed by atoms with Crippen LogP contribution >= 0.6 is 0 Å². The first-order chi connectivity index (χ1) is 8.43. The molecule has 2 heteroatoms. The van der Waals surface area contributed by atoms with Gasteiger partial charge in [-0.1, -0.05) is 34.6 Å². The van der Waals surface area contributed by atoms with Crippen LogP contribution in [-0.2, 0) is 0 Å². The lowest BCUT2D eigenvalue weighted by molar-refractivity contribution is 0.137. The number of nitrogens with one attached hydrogen (secondary N) is 1. The van der Waals surface area contributed by atoms with E-state index < -0.39 is 0 Å². The highest BCUT2D eigenvalue weighted by Gasteiger charge is 2.24. The van der Waals surface area contributed by atoms with Crippen molar-refractivity contribution in [3.8, 4) is 0 Å². The molecule has 1 aliphatic rings. The van der Waals surface area contributed by atoms with Gasteiger partial charge in [-0.25, -0.2) is 0 Å². The second kappa shape index (κ2) is 7.49. The van der Waals surface area contributed by atoms with Gasteiger partial charge < -0.3 is 10.2 Å². The van der Waals surface area contributed by atoms with Crippen LogP contribution in [0.4, 0.5) is 0 Å². The molecule has 0 radical (unpaired) electrons. The van der Waals surface area contributed by atoms with Gasteiger partial charge in [0.05, 0.1) is 0 Å². The Hall–Kier alpha value is -0.0800.